The Morgan fingerprint density at radius 2 is 1.93 bits per heavy atom. The van der Waals surface area contributed by atoms with Gasteiger partial charge in [-0.25, -0.2) is 8.42 Å². The van der Waals surface area contributed by atoms with E-state index in [1.807, 2.05) is 0 Å². The number of Topliss-reactive ketones (excluding diaryl/α,β-unsaturated/α-hetero) is 1. The van der Waals surface area contributed by atoms with E-state index < -0.39 is 20.4 Å². The first-order chi connectivity index (χ1) is 6.66. The average Bonchev–Trinajstić information content (AvgIpc) is 2.48. The zero-order valence-corrected chi connectivity index (χ0v) is 9.74. The number of hydrogen-bond donors (Lipinski definition) is 0. The molecule has 0 unspecified atom stereocenters. The maximum absolute atomic E-state index is 11.8. The Hall–Kier alpha value is -1.31. The topological polar surface area (TPSA) is 94.8 Å². The summed E-state index contributed by atoms with van der Waals surface area (Å²) in [6.07, 6.45) is 1.00. The van der Waals surface area contributed by atoms with Gasteiger partial charge < -0.3 is 0 Å². The molecule has 7 nitrogen and oxygen atoms in total. The summed E-state index contributed by atoms with van der Waals surface area (Å²) >= 11 is 0. The molecule has 0 radical (unpaired) electrons. The van der Waals surface area contributed by atoms with Gasteiger partial charge in [-0.1, -0.05) is 0 Å². The normalized spacial score (nSPS) is 12.8. The van der Waals surface area contributed by atoms with Crippen molar-refractivity contribution < 1.29 is 13.2 Å². The molecule has 0 atom stereocenters. The summed E-state index contributed by atoms with van der Waals surface area (Å²) in [5.41, 5.74) is 0. The zero-order chi connectivity index (χ0) is 11.9. The Balaban J connectivity index is 3.16. The lowest BCUT2D eigenvalue weighted by molar-refractivity contribution is 0.0943. The van der Waals surface area contributed by atoms with Gasteiger partial charge in [0, 0.05) is 6.26 Å². The zero-order valence-electron chi connectivity index (χ0n) is 8.92. The van der Waals surface area contributed by atoms with Crippen molar-refractivity contribution in [3.8, 4) is 0 Å². The third-order valence-electron chi connectivity index (χ3n) is 2.19. The monoisotopic (exact) mass is 232 g/mol. The molecule has 0 spiro atoms. The number of aryl methyl sites for hydroxylation is 1. The molecule has 8 heteroatoms. The molecule has 1 aromatic heterocycles. The second-order valence-electron chi connectivity index (χ2n) is 3.71. The van der Waals surface area contributed by atoms with E-state index in [0.29, 0.717) is 0 Å². The van der Waals surface area contributed by atoms with Crippen LogP contribution in [0.1, 0.15) is 24.5 Å². The molecule has 0 bridgehead atoms. The third kappa shape index (κ3) is 2.04. The summed E-state index contributed by atoms with van der Waals surface area (Å²) in [4.78, 5) is 12.9. The molecule has 0 amide bonds. The smallest absolute Gasteiger partial charge is 0.242 e. The van der Waals surface area contributed by atoms with E-state index in [-0.39, 0.29) is 5.82 Å². The molecule has 0 saturated carbocycles. The number of hydrogen-bond acceptors (Lipinski definition) is 6. The number of ketones is 1. The third-order valence-corrected chi connectivity index (χ3v) is 4.22. The fraction of sp³-hybridized carbons (Fsp3) is 0.714. The van der Waals surface area contributed by atoms with Crippen molar-refractivity contribution in [1.82, 2.24) is 20.2 Å². The number of sulfone groups is 1. The quantitative estimate of drug-likeness (QED) is 0.634. The Morgan fingerprint density at radius 3 is 2.27 bits per heavy atom. The first-order valence-electron chi connectivity index (χ1n) is 4.14. The minimum Gasteiger partial charge on any atom is -0.289 e. The van der Waals surface area contributed by atoms with Crippen molar-refractivity contribution in [3.05, 3.63) is 5.82 Å². The van der Waals surface area contributed by atoms with Gasteiger partial charge in [0.05, 0.1) is 7.05 Å². The van der Waals surface area contributed by atoms with Gasteiger partial charge in [-0.2, -0.15) is 4.80 Å². The highest BCUT2D eigenvalue weighted by Crippen LogP contribution is 2.19. The van der Waals surface area contributed by atoms with Crippen LogP contribution in [0.3, 0.4) is 0 Å². The van der Waals surface area contributed by atoms with Crippen LogP contribution in [-0.2, 0) is 16.9 Å². The van der Waals surface area contributed by atoms with Crippen molar-refractivity contribution in [3.63, 3.8) is 0 Å². The van der Waals surface area contributed by atoms with Crippen molar-refractivity contribution in [1.29, 1.82) is 0 Å². The van der Waals surface area contributed by atoms with Crippen LogP contribution in [0.4, 0.5) is 0 Å². The number of tetrazole rings is 1. The molecule has 0 aromatic carbocycles. The van der Waals surface area contributed by atoms with Gasteiger partial charge in [0.25, 0.3) is 0 Å². The minimum atomic E-state index is -3.51. The fourth-order valence-corrected chi connectivity index (χ4v) is 1.24. The lowest BCUT2D eigenvalue weighted by atomic mass is 10.1. The van der Waals surface area contributed by atoms with Crippen LogP contribution in [0.15, 0.2) is 0 Å². The minimum absolute atomic E-state index is 0.187. The van der Waals surface area contributed by atoms with Crippen LogP contribution in [0, 0.1) is 0 Å². The van der Waals surface area contributed by atoms with Crippen molar-refractivity contribution in [2.75, 3.05) is 6.26 Å². The molecule has 0 aliphatic rings. The van der Waals surface area contributed by atoms with Crippen LogP contribution >= 0.6 is 0 Å². The predicted molar refractivity (Wildman–Crippen MR) is 52.1 cm³/mol. The summed E-state index contributed by atoms with van der Waals surface area (Å²) in [5, 5.41) is 10.6. The van der Waals surface area contributed by atoms with Crippen LogP contribution < -0.4 is 0 Å². The molecule has 0 fully saturated rings. The summed E-state index contributed by atoms with van der Waals surface area (Å²) in [6.45, 7) is 2.64. The molecule has 1 aromatic rings. The van der Waals surface area contributed by atoms with Gasteiger partial charge in [0.15, 0.2) is 9.84 Å². The summed E-state index contributed by atoms with van der Waals surface area (Å²) in [5.74, 6) is -0.842. The van der Waals surface area contributed by atoms with E-state index in [0.717, 1.165) is 11.1 Å². The molecule has 0 aliphatic carbocycles. The van der Waals surface area contributed by atoms with Crippen molar-refractivity contribution in [2.45, 2.75) is 18.6 Å². The Bertz CT molecular complexity index is 488. The molecule has 84 valence electrons. The van der Waals surface area contributed by atoms with Gasteiger partial charge in [-0.3, -0.25) is 4.79 Å². The Morgan fingerprint density at radius 1 is 1.40 bits per heavy atom. The standard InChI is InChI=1S/C7H12N4O3S/c1-7(2,15(4,13)14)5(12)6-8-10-11(3)9-6/h1-4H3. The Labute approximate surface area is 87.4 Å². The number of nitrogens with zero attached hydrogens (tertiary/aromatic N) is 4. The fourth-order valence-electron chi connectivity index (χ4n) is 0.813. The number of aromatic nitrogens is 4. The summed E-state index contributed by atoms with van der Waals surface area (Å²) in [6, 6.07) is 0. The van der Waals surface area contributed by atoms with Crippen LogP contribution in [-0.4, -0.2) is 45.4 Å². The Kier molecular flexibility index (Phi) is 2.64. The summed E-state index contributed by atoms with van der Waals surface area (Å²) < 4.78 is 21.2. The molecule has 1 heterocycles. The van der Waals surface area contributed by atoms with Crippen LogP contribution in [0.5, 0.6) is 0 Å². The second-order valence-corrected chi connectivity index (χ2v) is 6.28. The van der Waals surface area contributed by atoms with E-state index in [1.54, 1.807) is 0 Å². The van der Waals surface area contributed by atoms with Gasteiger partial charge in [0.1, 0.15) is 4.75 Å². The molecular formula is C7H12N4O3S. The first kappa shape index (κ1) is 11.8. The number of carbonyl (C=O) groups is 1. The molecule has 0 aliphatic heterocycles. The number of carbonyl (C=O) groups excluding carboxylic acids is 1. The SMILES string of the molecule is Cn1nnc(C(=O)C(C)(C)S(C)(=O)=O)n1. The molecular weight excluding hydrogens is 220 g/mol. The molecule has 1 rings (SSSR count). The second kappa shape index (κ2) is 3.37. The van der Waals surface area contributed by atoms with E-state index in [9.17, 15) is 13.2 Å². The highest BCUT2D eigenvalue weighted by Gasteiger charge is 2.41. The molecule has 0 saturated heterocycles. The largest absolute Gasteiger partial charge is 0.289 e. The highest BCUT2D eigenvalue weighted by atomic mass is 32.2. The van der Waals surface area contributed by atoms with Crippen molar-refractivity contribution in [2.24, 2.45) is 7.05 Å². The first-order valence-corrected chi connectivity index (χ1v) is 6.04. The van der Waals surface area contributed by atoms with Crippen LogP contribution in [0.2, 0.25) is 0 Å². The van der Waals surface area contributed by atoms with E-state index in [4.69, 9.17) is 0 Å². The maximum atomic E-state index is 11.8. The van der Waals surface area contributed by atoms with E-state index >= 15 is 0 Å². The van der Waals surface area contributed by atoms with Gasteiger partial charge in [0.2, 0.25) is 11.6 Å². The van der Waals surface area contributed by atoms with Crippen LogP contribution in [0.25, 0.3) is 0 Å². The number of rotatable bonds is 3. The van der Waals surface area contributed by atoms with E-state index in [2.05, 4.69) is 15.4 Å². The van der Waals surface area contributed by atoms with Gasteiger partial charge in [-0.15, -0.1) is 10.2 Å². The lowest BCUT2D eigenvalue weighted by Crippen LogP contribution is -2.40. The lowest BCUT2D eigenvalue weighted by Gasteiger charge is -2.18. The predicted octanol–water partition coefficient (Wildman–Crippen LogP) is -0.784. The average molecular weight is 232 g/mol. The van der Waals surface area contributed by atoms with E-state index in [1.165, 1.54) is 20.9 Å². The highest BCUT2D eigenvalue weighted by molar-refractivity contribution is 7.92. The van der Waals surface area contributed by atoms with Gasteiger partial charge >= 0.3 is 0 Å². The molecule has 0 N–H and O–H groups in total. The summed E-state index contributed by atoms with van der Waals surface area (Å²) in [7, 11) is -2.01. The maximum Gasteiger partial charge on any atom is 0.242 e. The van der Waals surface area contributed by atoms with Crippen molar-refractivity contribution >= 4 is 15.6 Å². The molecule has 15 heavy (non-hydrogen) atoms. The van der Waals surface area contributed by atoms with Gasteiger partial charge in [-0.05, 0) is 19.1 Å².